The van der Waals surface area contributed by atoms with Gasteiger partial charge in [-0.2, -0.15) is 0 Å². The van der Waals surface area contributed by atoms with Crippen molar-refractivity contribution < 1.29 is 19.4 Å². The molecule has 0 saturated carbocycles. The first-order valence-corrected chi connectivity index (χ1v) is 9.45. The van der Waals surface area contributed by atoms with Crippen molar-refractivity contribution in [3.63, 3.8) is 0 Å². The molecule has 0 bridgehead atoms. The minimum Gasteiger partial charge on any atom is -0.505 e. The van der Waals surface area contributed by atoms with Gasteiger partial charge in [0.05, 0.1) is 11.6 Å². The standard InChI is InChI=1S/C22H26FN3O3/c1-12-10-14(23)6-7-15(12)19(27)9-8-16-17(22(29)25(3)4)11-18-20(21(16)28)24-13(2)26(18)5/h6-7,10-11,19,27-28H,8-9H2,1-5H3. The van der Waals surface area contributed by atoms with Gasteiger partial charge in [-0.25, -0.2) is 9.37 Å². The summed E-state index contributed by atoms with van der Waals surface area (Å²) in [4.78, 5) is 18.6. The van der Waals surface area contributed by atoms with Gasteiger partial charge in [-0.3, -0.25) is 4.79 Å². The first kappa shape index (κ1) is 20.8. The highest BCUT2D eigenvalue weighted by atomic mass is 19.1. The Morgan fingerprint density at radius 1 is 1.28 bits per heavy atom. The Bertz CT molecular complexity index is 1090. The van der Waals surface area contributed by atoms with Crippen molar-refractivity contribution in [3.05, 3.63) is 58.2 Å². The summed E-state index contributed by atoms with van der Waals surface area (Å²) in [6.45, 7) is 3.57. The normalized spacial score (nSPS) is 12.4. The fraction of sp³-hybridized carbons (Fsp3) is 0.364. The molecular formula is C22H26FN3O3. The van der Waals surface area contributed by atoms with Crippen molar-refractivity contribution in [1.82, 2.24) is 14.5 Å². The Morgan fingerprint density at radius 2 is 1.97 bits per heavy atom. The van der Waals surface area contributed by atoms with Gasteiger partial charge in [-0.05, 0) is 56.0 Å². The fourth-order valence-electron chi connectivity index (χ4n) is 3.60. The number of aliphatic hydroxyl groups excluding tert-OH is 1. The molecule has 2 aromatic carbocycles. The number of hydrogen-bond acceptors (Lipinski definition) is 4. The number of aliphatic hydroxyl groups is 1. The quantitative estimate of drug-likeness (QED) is 0.689. The fourth-order valence-corrected chi connectivity index (χ4v) is 3.60. The summed E-state index contributed by atoms with van der Waals surface area (Å²) >= 11 is 0. The molecule has 0 aliphatic rings. The van der Waals surface area contributed by atoms with Gasteiger partial charge < -0.3 is 19.7 Å². The lowest BCUT2D eigenvalue weighted by Crippen LogP contribution is -2.23. The predicted molar refractivity (Wildman–Crippen MR) is 110 cm³/mol. The molecule has 0 aliphatic heterocycles. The van der Waals surface area contributed by atoms with E-state index in [4.69, 9.17) is 0 Å². The van der Waals surface area contributed by atoms with Crippen molar-refractivity contribution in [1.29, 1.82) is 0 Å². The molecule has 0 radical (unpaired) electrons. The maximum Gasteiger partial charge on any atom is 0.253 e. The molecule has 1 aromatic heterocycles. The highest BCUT2D eigenvalue weighted by Crippen LogP contribution is 2.34. The molecule has 0 fully saturated rings. The molecule has 3 rings (SSSR count). The van der Waals surface area contributed by atoms with Crippen molar-refractivity contribution >= 4 is 16.9 Å². The zero-order valence-electron chi connectivity index (χ0n) is 17.3. The van der Waals surface area contributed by atoms with Gasteiger partial charge >= 0.3 is 0 Å². The van der Waals surface area contributed by atoms with Gasteiger partial charge in [-0.1, -0.05) is 6.07 Å². The molecule has 1 heterocycles. The lowest BCUT2D eigenvalue weighted by Gasteiger charge is -2.18. The summed E-state index contributed by atoms with van der Waals surface area (Å²) in [6.07, 6.45) is -0.312. The first-order valence-electron chi connectivity index (χ1n) is 9.45. The Labute approximate surface area is 169 Å². The van der Waals surface area contributed by atoms with E-state index in [0.717, 1.165) is 5.82 Å². The summed E-state index contributed by atoms with van der Waals surface area (Å²) in [5, 5.41) is 21.5. The molecule has 1 amide bonds. The molecule has 3 aromatic rings. The third-order valence-corrected chi connectivity index (χ3v) is 5.37. The molecule has 154 valence electrons. The zero-order chi connectivity index (χ0) is 21.5. The van der Waals surface area contributed by atoms with Gasteiger partial charge in [0.25, 0.3) is 5.91 Å². The number of carbonyl (C=O) groups is 1. The Balaban J connectivity index is 2.02. The smallest absolute Gasteiger partial charge is 0.253 e. The summed E-state index contributed by atoms with van der Waals surface area (Å²) in [6, 6.07) is 5.99. The van der Waals surface area contributed by atoms with Crippen LogP contribution in [0.2, 0.25) is 0 Å². The van der Waals surface area contributed by atoms with Crippen LogP contribution in [0.3, 0.4) is 0 Å². The minimum absolute atomic E-state index is 0.0422. The largest absolute Gasteiger partial charge is 0.505 e. The van der Waals surface area contributed by atoms with E-state index in [-0.39, 0.29) is 30.3 Å². The number of aromatic nitrogens is 2. The Hall–Kier alpha value is -2.93. The average Bonchev–Trinajstić information content (AvgIpc) is 2.94. The number of fused-ring (bicyclic) bond motifs is 1. The molecule has 7 heteroatoms. The molecule has 2 N–H and O–H groups in total. The number of nitrogens with zero attached hydrogens (tertiary/aromatic N) is 3. The van der Waals surface area contributed by atoms with Crippen LogP contribution in [0.25, 0.3) is 11.0 Å². The second-order valence-corrected chi connectivity index (χ2v) is 7.59. The maximum absolute atomic E-state index is 13.3. The number of carbonyl (C=O) groups excluding carboxylic acids is 1. The van der Waals surface area contributed by atoms with E-state index < -0.39 is 6.10 Å². The summed E-state index contributed by atoms with van der Waals surface area (Å²) in [5.74, 6) is 0.0894. The lowest BCUT2D eigenvalue weighted by atomic mass is 9.94. The van der Waals surface area contributed by atoms with Crippen molar-refractivity contribution in [3.8, 4) is 5.75 Å². The second-order valence-electron chi connectivity index (χ2n) is 7.59. The Kier molecular flexibility index (Phi) is 5.61. The van der Waals surface area contributed by atoms with Gasteiger partial charge in [0.2, 0.25) is 0 Å². The van der Waals surface area contributed by atoms with E-state index in [0.29, 0.717) is 33.3 Å². The van der Waals surface area contributed by atoms with E-state index in [1.165, 1.54) is 17.0 Å². The van der Waals surface area contributed by atoms with Crippen LogP contribution in [0.1, 0.15) is 45.4 Å². The van der Waals surface area contributed by atoms with Crippen LogP contribution in [-0.4, -0.2) is 44.7 Å². The SMILES string of the molecule is Cc1cc(F)ccc1C(O)CCc1c(C(=O)N(C)C)cc2c(nc(C)n2C)c1O. The van der Waals surface area contributed by atoms with E-state index in [1.54, 1.807) is 33.2 Å². The highest BCUT2D eigenvalue weighted by molar-refractivity contribution is 6.01. The number of aryl methyl sites for hydroxylation is 3. The summed E-state index contributed by atoms with van der Waals surface area (Å²) in [7, 11) is 5.13. The second kappa shape index (κ2) is 7.83. The van der Waals surface area contributed by atoms with Gasteiger partial charge in [-0.15, -0.1) is 0 Å². The number of imidazole rings is 1. The lowest BCUT2D eigenvalue weighted by molar-refractivity contribution is 0.0825. The van der Waals surface area contributed by atoms with E-state index >= 15 is 0 Å². The summed E-state index contributed by atoms with van der Waals surface area (Å²) < 4.78 is 15.2. The number of aromatic hydroxyl groups is 1. The number of phenols is 1. The van der Waals surface area contributed by atoms with Crippen LogP contribution in [0.4, 0.5) is 4.39 Å². The molecule has 29 heavy (non-hydrogen) atoms. The maximum atomic E-state index is 13.3. The van der Waals surface area contributed by atoms with Crippen molar-refractivity contribution in [2.24, 2.45) is 7.05 Å². The topological polar surface area (TPSA) is 78.6 Å². The number of amides is 1. The van der Waals surface area contributed by atoms with Crippen LogP contribution < -0.4 is 0 Å². The van der Waals surface area contributed by atoms with Crippen LogP contribution >= 0.6 is 0 Å². The molecule has 1 unspecified atom stereocenters. The third kappa shape index (κ3) is 3.82. The third-order valence-electron chi connectivity index (χ3n) is 5.37. The molecule has 0 saturated heterocycles. The van der Waals surface area contributed by atoms with Gasteiger partial charge in [0, 0.05) is 32.3 Å². The monoisotopic (exact) mass is 399 g/mol. The molecule has 6 nitrogen and oxygen atoms in total. The number of rotatable bonds is 5. The average molecular weight is 399 g/mol. The Morgan fingerprint density at radius 3 is 2.59 bits per heavy atom. The highest BCUT2D eigenvalue weighted by Gasteiger charge is 2.23. The molecular weight excluding hydrogens is 373 g/mol. The minimum atomic E-state index is -0.849. The van der Waals surface area contributed by atoms with Crippen LogP contribution in [-0.2, 0) is 13.5 Å². The zero-order valence-corrected chi connectivity index (χ0v) is 17.3. The number of hydrogen-bond donors (Lipinski definition) is 2. The summed E-state index contributed by atoms with van der Waals surface area (Å²) in [5.41, 5.74) is 3.22. The molecule has 1 atom stereocenters. The van der Waals surface area contributed by atoms with Crippen molar-refractivity contribution in [2.75, 3.05) is 14.1 Å². The van der Waals surface area contributed by atoms with Crippen LogP contribution in [0.15, 0.2) is 24.3 Å². The van der Waals surface area contributed by atoms with E-state index in [9.17, 15) is 19.4 Å². The van der Waals surface area contributed by atoms with Crippen molar-refractivity contribution in [2.45, 2.75) is 32.8 Å². The number of halogens is 1. The van der Waals surface area contributed by atoms with Gasteiger partial charge in [0.15, 0.2) is 0 Å². The van der Waals surface area contributed by atoms with Gasteiger partial charge in [0.1, 0.15) is 22.9 Å². The van der Waals surface area contributed by atoms with E-state index in [1.807, 2.05) is 18.5 Å². The van der Waals surface area contributed by atoms with E-state index in [2.05, 4.69) is 4.98 Å². The predicted octanol–water partition coefficient (Wildman–Crippen LogP) is 3.40. The first-order chi connectivity index (χ1) is 13.6. The number of phenolic OH excluding ortho intramolecular Hbond substituents is 1. The number of benzene rings is 2. The van der Waals surface area contributed by atoms with Crippen LogP contribution in [0, 0.1) is 19.7 Å². The van der Waals surface area contributed by atoms with Crippen LogP contribution in [0.5, 0.6) is 5.75 Å². The molecule has 0 spiro atoms. The molecule has 0 aliphatic carbocycles.